The predicted octanol–water partition coefficient (Wildman–Crippen LogP) is 10.6. The highest BCUT2D eigenvalue weighted by atomic mass is 79.9. The summed E-state index contributed by atoms with van der Waals surface area (Å²) in [5.41, 5.74) is 0.824. The topological polar surface area (TPSA) is 26.3 Å². The van der Waals surface area contributed by atoms with Crippen LogP contribution in [0.3, 0.4) is 0 Å². The number of alkyl halides is 2. The number of hydrogen-bond donors (Lipinski definition) is 0. The van der Waals surface area contributed by atoms with E-state index in [4.69, 9.17) is 4.74 Å². The largest absolute Gasteiger partial charge is 0.462 e. The Morgan fingerprint density at radius 3 is 2.43 bits per heavy atom. The van der Waals surface area contributed by atoms with Crippen LogP contribution in [0.2, 0.25) is 0 Å². The number of carbonyl (C=O) groups excluding carboxylic acids is 1. The van der Waals surface area contributed by atoms with Crippen LogP contribution in [0, 0.1) is 40.4 Å². The first-order valence-electron chi connectivity index (χ1n) is 16.1. The molecule has 0 aliphatic heterocycles. The summed E-state index contributed by atoms with van der Waals surface area (Å²) in [6, 6.07) is 0. The molecule has 4 fully saturated rings. The Balaban J connectivity index is 1.40. The number of hydrogen-bond acceptors (Lipinski definition) is 2. The van der Waals surface area contributed by atoms with E-state index in [2.05, 4.69) is 66.5 Å². The van der Waals surface area contributed by atoms with Gasteiger partial charge in [0, 0.05) is 22.0 Å². The van der Waals surface area contributed by atoms with Gasteiger partial charge in [-0.3, -0.25) is 4.79 Å². The van der Waals surface area contributed by atoms with Crippen LogP contribution in [0.1, 0.15) is 144 Å². The molecule has 0 spiro atoms. The van der Waals surface area contributed by atoms with Crippen molar-refractivity contribution in [2.45, 2.75) is 159 Å². The Bertz CT molecular complexity index is 771. The average molecular weight is 645 g/mol. The molecule has 0 amide bonds. The zero-order chi connectivity index (χ0) is 26.8. The molecule has 0 bridgehead atoms. The lowest BCUT2D eigenvalue weighted by atomic mass is 9.44. The van der Waals surface area contributed by atoms with Crippen molar-refractivity contribution in [3.05, 3.63) is 0 Å². The molecule has 4 saturated carbocycles. The lowest BCUT2D eigenvalue weighted by molar-refractivity contribution is -0.158. The number of halogens is 2. The molecule has 0 heterocycles. The van der Waals surface area contributed by atoms with Gasteiger partial charge in [0.25, 0.3) is 0 Å². The molecular weight excluding hydrogens is 588 g/mol. The van der Waals surface area contributed by atoms with E-state index in [1.165, 1.54) is 83.5 Å². The summed E-state index contributed by atoms with van der Waals surface area (Å²) in [7, 11) is 0. The van der Waals surface area contributed by atoms with Crippen LogP contribution < -0.4 is 0 Å². The minimum absolute atomic E-state index is 0.00894. The third-order valence-corrected chi connectivity index (χ3v) is 15.9. The van der Waals surface area contributed by atoms with Crippen LogP contribution in [0.4, 0.5) is 0 Å². The van der Waals surface area contributed by atoms with Gasteiger partial charge in [0.2, 0.25) is 0 Å². The zero-order valence-electron chi connectivity index (χ0n) is 24.6. The molecule has 0 aromatic carbocycles. The van der Waals surface area contributed by atoms with Crippen LogP contribution in [0.5, 0.6) is 0 Å². The van der Waals surface area contributed by atoms with Gasteiger partial charge in [-0.1, -0.05) is 111 Å². The third kappa shape index (κ3) is 5.92. The van der Waals surface area contributed by atoms with Gasteiger partial charge in [-0.25, -0.2) is 0 Å². The molecular formula is C33H56Br2O2. The molecule has 0 radical (unpaired) electrons. The molecule has 4 aliphatic carbocycles. The Labute approximate surface area is 245 Å². The van der Waals surface area contributed by atoms with Gasteiger partial charge in [-0.05, 0) is 91.8 Å². The fourth-order valence-electron chi connectivity index (χ4n) is 9.66. The molecule has 0 aromatic heterocycles. The fourth-order valence-corrected chi connectivity index (χ4v) is 11.8. The zero-order valence-corrected chi connectivity index (χ0v) is 27.8. The number of unbranched alkanes of at least 4 members (excludes halogenated alkanes) is 5. The second-order valence-corrected chi connectivity index (χ2v) is 16.8. The van der Waals surface area contributed by atoms with E-state index in [0.717, 1.165) is 42.9 Å². The summed E-state index contributed by atoms with van der Waals surface area (Å²) in [6.45, 7) is 11.9. The van der Waals surface area contributed by atoms with E-state index < -0.39 is 0 Å². The highest BCUT2D eigenvalue weighted by Crippen LogP contribution is 2.71. The molecule has 214 valence electrons. The number of carbonyl (C=O) groups is 1. The van der Waals surface area contributed by atoms with Crippen LogP contribution in [0.25, 0.3) is 0 Å². The predicted molar refractivity (Wildman–Crippen MR) is 163 cm³/mol. The summed E-state index contributed by atoms with van der Waals surface area (Å²) < 4.78 is 6.10. The molecule has 37 heavy (non-hydrogen) atoms. The van der Waals surface area contributed by atoms with Crippen molar-refractivity contribution < 1.29 is 9.53 Å². The monoisotopic (exact) mass is 642 g/mol. The molecule has 0 unspecified atom stereocenters. The van der Waals surface area contributed by atoms with Gasteiger partial charge in [0.1, 0.15) is 6.10 Å². The Kier molecular flexibility index (Phi) is 10.3. The molecule has 4 heteroatoms. The van der Waals surface area contributed by atoms with E-state index in [9.17, 15) is 4.79 Å². The van der Waals surface area contributed by atoms with Crippen molar-refractivity contribution in [2.24, 2.45) is 40.4 Å². The fraction of sp³-hybridized carbons (Fsp3) is 0.970. The normalized spacial score (nSPS) is 44.0. The SMILES string of the molecule is CCCCCCCC[C@H]1CC[C@H]2[C@@H]3C[C@H](Br)[C@@]4(Br)C[C@@H](OC(=O)C[C@H](C)CC)CC[C@]4(C)[C@H]3CC[C@]12C. The summed E-state index contributed by atoms with van der Waals surface area (Å²) in [5, 5.41) is 0. The number of esters is 1. The van der Waals surface area contributed by atoms with E-state index in [1.807, 2.05) is 0 Å². The lowest BCUT2D eigenvalue weighted by Crippen LogP contribution is -2.64. The van der Waals surface area contributed by atoms with Crippen LogP contribution in [-0.2, 0) is 9.53 Å². The van der Waals surface area contributed by atoms with Gasteiger partial charge in [-0.15, -0.1) is 0 Å². The molecule has 0 N–H and O–H groups in total. The number of rotatable bonds is 11. The van der Waals surface area contributed by atoms with Crippen LogP contribution in [-0.4, -0.2) is 21.2 Å². The van der Waals surface area contributed by atoms with E-state index in [0.29, 0.717) is 22.6 Å². The number of fused-ring (bicyclic) bond motifs is 5. The smallest absolute Gasteiger partial charge is 0.306 e. The average Bonchev–Trinajstić information content (AvgIpc) is 3.19. The van der Waals surface area contributed by atoms with Gasteiger partial charge in [0.05, 0.1) is 0 Å². The second kappa shape index (κ2) is 12.5. The van der Waals surface area contributed by atoms with Gasteiger partial charge in [0.15, 0.2) is 0 Å². The second-order valence-electron chi connectivity index (χ2n) is 14.3. The number of ether oxygens (including phenoxy) is 1. The molecule has 10 atom stereocenters. The van der Waals surface area contributed by atoms with Crippen molar-refractivity contribution in [3.63, 3.8) is 0 Å². The molecule has 0 aromatic rings. The summed E-state index contributed by atoms with van der Waals surface area (Å²) in [4.78, 5) is 13.1. The first-order valence-corrected chi connectivity index (χ1v) is 17.8. The molecule has 0 saturated heterocycles. The first kappa shape index (κ1) is 30.4. The third-order valence-electron chi connectivity index (χ3n) is 12.3. The lowest BCUT2D eigenvalue weighted by Gasteiger charge is -2.65. The summed E-state index contributed by atoms with van der Waals surface area (Å²) in [6.07, 6.45) is 21.8. The Morgan fingerprint density at radius 2 is 1.70 bits per heavy atom. The van der Waals surface area contributed by atoms with E-state index >= 15 is 0 Å². The van der Waals surface area contributed by atoms with Crippen LogP contribution >= 0.6 is 31.9 Å². The maximum absolute atomic E-state index is 12.6. The van der Waals surface area contributed by atoms with Crippen molar-refractivity contribution in [1.29, 1.82) is 0 Å². The quantitative estimate of drug-likeness (QED) is 0.127. The minimum atomic E-state index is 0.00894. The van der Waals surface area contributed by atoms with Crippen molar-refractivity contribution in [2.75, 3.05) is 0 Å². The Hall–Kier alpha value is 0.430. The van der Waals surface area contributed by atoms with E-state index in [1.54, 1.807) is 0 Å². The molecule has 4 rings (SSSR count). The van der Waals surface area contributed by atoms with Crippen molar-refractivity contribution in [1.82, 2.24) is 0 Å². The summed E-state index contributed by atoms with van der Waals surface area (Å²) in [5.74, 6) is 3.90. The highest BCUT2D eigenvalue weighted by Gasteiger charge is 2.66. The van der Waals surface area contributed by atoms with Gasteiger partial charge in [-0.2, -0.15) is 0 Å². The molecule has 2 nitrogen and oxygen atoms in total. The minimum Gasteiger partial charge on any atom is -0.462 e. The van der Waals surface area contributed by atoms with Crippen LogP contribution in [0.15, 0.2) is 0 Å². The van der Waals surface area contributed by atoms with E-state index in [-0.39, 0.29) is 21.8 Å². The summed E-state index contributed by atoms with van der Waals surface area (Å²) >= 11 is 8.61. The Morgan fingerprint density at radius 1 is 0.973 bits per heavy atom. The first-order chi connectivity index (χ1) is 17.6. The van der Waals surface area contributed by atoms with Crippen molar-refractivity contribution in [3.8, 4) is 0 Å². The molecule has 4 aliphatic rings. The van der Waals surface area contributed by atoms with Crippen molar-refractivity contribution >= 4 is 37.8 Å². The van der Waals surface area contributed by atoms with Gasteiger partial charge < -0.3 is 4.74 Å². The van der Waals surface area contributed by atoms with Gasteiger partial charge >= 0.3 is 5.97 Å². The maximum atomic E-state index is 12.6. The standard InChI is InChI=1S/C33H56Br2O2/c1-6-8-9-10-11-12-13-24-14-15-27-26-21-29(34)33(35)22-25(37-30(36)20-23(3)7-2)16-19-32(33,5)28(26)17-18-31(24,27)4/h23-29H,6-22H2,1-5H3/t23-,24+,25+,26+,27+,28+,29+,31-,32-,33+/m1/s1. The highest BCUT2D eigenvalue weighted by molar-refractivity contribution is 9.12. The maximum Gasteiger partial charge on any atom is 0.306 e.